The van der Waals surface area contributed by atoms with Crippen molar-refractivity contribution in [3.63, 3.8) is 0 Å². The van der Waals surface area contributed by atoms with Crippen molar-refractivity contribution in [2.24, 2.45) is 0 Å². The van der Waals surface area contributed by atoms with Gasteiger partial charge >= 0.3 is 0 Å². The van der Waals surface area contributed by atoms with E-state index in [0.29, 0.717) is 6.61 Å². The molecule has 0 aliphatic carbocycles. The zero-order valence-corrected chi connectivity index (χ0v) is 14.5. The maximum atomic E-state index is 6.36. The maximum absolute atomic E-state index is 6.36. The number of halogens is 1. The Morgan fingerprint density at radius 2 is 2.10 bits per heavy atom. The average molecular weight is 317 g/mol. The molecule has 0 aromatic carbocycles. The molecule has 0 aliphatic heterocycles. The lowest BCUT2D eigenvalue weighted by atomic mass is 10.1. The van der Waals surface area contributed by atoms with Crippen LogP contribution in [-0.2, 0) is 11.3 Å². The monoisotopic (exact) mass is 316 g/mol. The third-order valence-corrected chi connectivity index (χ3v) is 4.04. The maximum Gasteiger partial charge on any atom is 0.0834 e. The largest absolute Gasteiger partial charge is 0.383 e. The Labute approximate surface area is 133 Å². The smallest absolute Gasteiger partial charge is 0.0834 e. The lowest BCUT2D eigenvalue weighted by molar-refractivity contribution is 0.181. The third kappa shape index (κ3) is 5.58. The summed E-state index contributed by atoms with van der Waals surface area (Å²) in [6, 6.07) is 0.224. The number of methoxy groups -OCH3 is 1. The van der Waals surface area contributed by atoms with Gasteiger partial charge in [-0.15, -0.1) is 0 Å². The van der Waals surface area contributed by atoms with Gasteiger partial charge in [0, 0.05) is 7.11 Å². The Morgan fingerprint density at radius 1 is 1.38 bits per heavy atom. The summed E-state index contributed by atoms with van der Waals surface area (Å²) in [6.07, 6.45) is 2.75. The Kier molecular flexibility index (Phi) is 8.92. The van der Waals surface area contributed by atoms with Gasteiger partial charge in [0.05, 0.1) is 36.1 Å². The molecule has 0 saturated heterocycles. The molecule has 5 nitrogen and oxygen atoms in total. The van der Waals surface area contributed by atoms with Crippen molar-refractivity contribution in [1.29, 1.82) is 0 Å². The summed E-state index contributed by atoms with van der Waals surface area (Å²) in [5.74, 6) is 0. The second-order valence-corrected chi connectivity index (χ2v) is 5.43. The minimum Gasteiger partial charge on any atom is -0.383 e. The third-order valence-electron chi connectivity index (χ3n) is 3.75. The van der Waals surface area contributed by atoms with E-state index in [1.54, 1.807) is 13.3 Å². The summed E-state index contributed by atoms with van der Waals surface area (Å²) in [5.41, 5.74) is 1.07. The highest BCUT2D eigenvalue weighted by Gasteiger charge is 2.20. The van der Waals surface area contributed by atoms with E-state index in [9.17, 15) is 0 Å². The van der Waals surface area contributed by atoms with Gasteiger partial charge in [-0.3, -0.25) is 4.68 Å². The molecule has 1 heterocycles. The molecule has 0 radical (unpaired) electrons. The van der Waals surface area contributed by atoms with Crippen molar-refractivity contribution in [2.75, 3.05) is 39.9 Å². The summed E-state index contributed by atoms with van der Waals surface area (Å²) in [7, 11) is 1.70. The lowest BCUT2D eigenvalue weighted by Gasteiger charge is -2.24. The molecule has 1 aromatic rings. The van der Waals surface area contributed by atoms with Gasteiger partial charge < -0.3 is 15.0 Å². The fourth-order valence-electron chi connectivity index (χ4n) is 2.51. The van der Waals surface area contributed by atoms with Gasteiger partial charge in [-0.05, 0) is 32.6 Å². The molecule has 0 amide bonds. The van der Waals surface area contributed by atoms with Gasteiger partial charge in [-0.1, -0.05) is 32.4 Å². The van der Waals surface area contributed by atoms with Gasteiger partial charge in [0.25, 0.3) is 0 Å². The molecule has 0 spiro atoms. The van der Waals surface area contributed by atoms with Crippen LogP contribution in [0.5, 0.6) is 0 Å². The lowest BCUT2D eigenvalue weighted by Crippen LogP contribution is -2.31. The van der Waals surface area contributed by atoms with Crippen LogP contribution >= 0.6 is 11.6 Å². The number of hydrogen-bond donors (Lipinski definition) is 1. The van der Waals surface area contributed by atoms with Gasteiger partial charge in [0.1, 0.15) is 0 Å². The van der Waals surface area contributed by atoms with Crippen molar-refractivity contribution < 1.29 is 4.74 Å². The van der Waals surface area contributed by atoms with Crippen molar-refractivity contribution in [2.45, 2.75) is 39.8 Å². The van der Waals surface area contributed by atoms with E-state index in [1.807, 2.05) is 4.68 Å². The molecule has 1 aromatic heterocycles. The van der Waals surface area contributed by atoms with Crippen LogP contribution in [0, 0.1) is 0 Å². The first-order chi connectivity index (χ1) is 10.2. The Bertz CT molecular complexity index is 393. The fraction of sp³-hybridized carbons (Fsp3) is 0.800. The van der Waals surface area contributed by atoms with Crippen LogP contribution in [0.15, 0.2) is 6.20 Å². The highest BCUT2D eigenvalue weighted by atomic mass is 35.5. The SMILES string of the molecule is CCNC(CCN(CC)CC)c1c(Cl)cnn1CCOC. The Balaban J connectivity index is 2.81. The number of hydrogen-bond acceptors (Lipinski definition) is 4. The van der Waals surface area contributed by atoms with Crippen LogP contribution in [0.1, 0.15) is 38.9 Å². The summed E-state index contributed by atoms with van der Waals surface area (Å²) in [6.45, 7) is 12.0. The molecule has 6 heteroatoms. The van der Waals surface area contributed by atoms with Crippen molar-refractivity contribution in [1.82, 2.24) is 20.0 Å². The molecule has 0 aliphatic rings. The summed E-state index contributed by atoms with van der Waals surface area (Å²) >= 11 is 6.36. The number of ether oxygens (including phenoxy) is 1. The normalized spacial score (nSPS) is 13.0. The van der Waals surface area contributed by atoms with E-state index >= 15 is 0 Å². The van der Waals surface area contributed by atoms with Gasteiger partial charge in [0.15, 0.2) is 0 Å². The average Bonchev–Trinajstić information content (AvgIpc) is 2.86. The predicted molar refractivity (Wildman–Crippen MR) is 87.9 cm³/mol. The van der Waals surface area contributed by atoms with Crippen LogP contribution in [0.25, 0.3) is 0 Å². The summed E-state index contributed by atoms with van der Waals surface area (Å²) in [4.78, 5) is 2.42. The van der Waals surface area contributed by atoms with E-state index in [0.717, 1.165) is 49.9 Å². The number of aromatic nitrogens is 2. The minimum absolute atomic E-state index is 0.224. The highest BCUT2D eigenvalue weighted by molar-refractivity contribution is 6.31. The first-order valence-electron chi connectivity index (χ1n) is 7.83. The first-order valence-corrected chi connectivity index (χ1v) is 8.21. The number of rotatable bonds is 11. The van der Waals surface area contributed by atoms with E-state index in [2.05, 4.69) is 36.1 Å². The molecule has 1 N–H and O–H groups in total. The van der Waals surface area contributed by atoms with Gasteiger partial charge in [0.2, 0.25) is 0 Å². The Morgan fingerprint density at radius 3 is 2.67 bits per heavy atom. The van der Waals surface area contributed by atoms with Gasteiger partial charge in [-0.2, -0.15) is 5.10 Å². The molecule has 0 bridgehead atoms. The zero-order valence-electron chi connectivity index (χ0n) is 13.7. The quantitative estimate of drug-likeness (QED) is 0.681. The molecule has 0 saturated carbocycles. The second-order valence-electron chi connectivity index (χ2n) is 5.02. The summed E-state index contributed by atoms with van der Waals surface area (Å²) < 4.78 is 7.11. The molecular formula is C15H29ClN4O. The van der Waals surface area contributed by atoms with Crippen LogP contribution in [0.3, 0.4) is 0 Å². The predicted octanol–water partition coefficient (Wildman–Crippen LogP) is 2.57. The van der Waals surface area contributed by atoms with Crippen molar-refractivity contribution in [3.8, 4) is 0 Å². The van der Waals surface area contributed by atoms with E-state index < -0.39 is 0 Å². The molecule has 1 rings (SSSR count). The molecule has 1 atom stereocenters. The van der Waals surface area contributed by atoms with Crippen molar-refractivity contribution >= 4 is 11.6 Å². The second kappa shape index (κ2) is 10.2. The minimum atomic E-state index is 0.224. The molecule has 0 fully saturated rings. The molecule has 21 heavy (non-hydrogen) atoms. The first kappa shape index (κ1) is 18.4. The standard InChI is InChI=1S/C15H29ClN4O/c1-5-17-14(8-9-19(6-2)7-3)15-13(16)12-18-20(15)10-11-21-4/h12,14,17H,5-11H2,1-4H3. The number of nitrogens with one attached hydrogen (secondary N) is 1. The topological polar surface area (TPSA) is 42.3 Å². The Hall–Kier alpha value is -0.620. The number of nitrogens with zero attached hydrogens (tertiary/aromatic N) is 3. The fourth-order valence-corrected chi connectivity index (χ4v) is 2.78. The van der Waals surface area contributed by atoms with Crippen LogP contribution in [-0.4, -0.2) is 54.6 Å². The van der Waals surface area contributed by atoms with Crippen LogP contribution < -0.4 is 5.32 Å². The molecule has 122 valence electrons. The van der Waals surface area contributed by atoms with Gasteiger partial charge in [-0.25, -0.2) is 0 Å². The molecular weight excluding hydrogens is 288 g/mol. The van der Waals surface area contributed by atoms with Crippen LogP contribution in [0.2, 0.25) is 5.02 Å². The van der Waals surface area contributed by atoms with Crippen LogP contribution in [0.4, 0.5) is 0 Å². The zero-order chi connectivity index (χ0) is 15.7. The van der Waals surface area contributed by atoms with E-state index in [1.165, 1.54) is 0 Å². The highest BCUT2D eigenvalue weighted by Crippen LogP contribution is 2.25. The summed E-state index contributed by atoms with van der Waals surface area (Å²) in [5, 5.41) is 8.64. The van der Waals surface area contributed by atoms with E-state index in [4.69, 9.17) is 16.3 Å². The molecule has 1 unspecified atom stereocenters. The van der Waals surface area contributed by atoms with Crippen molar-refractivity contribution in [3.05, 3.63) is 16.9 Å². The van der Waals surface area contributed by atoms with E-state index in [-0.39, 0.29) is 6.04 Å².